The summed E-state index contributed by atoms with van der Waals surface area (Å²) < 4.78 is 6.06. The Balaban J connectivity index is 2.17. The zero-order valence-corrected chi connectivity index (χ0v) is 14.7. The van der Waals surface area contributed by atoms with E-state index >= 15 is 0 Å². The number of fused-ring (bicyclic) bond motifs is 1. The van der Waals surface area contributed by atoms with E-state index < -0.39 is 0 Å². The van der Waals surface area contributed by atoms with E-state index in [4.69, 9.17) is 21.9 Å². The van der Waals surface area contributed by atoms with Crippen molar-refractivity contribution in [3.05, 3.63) is 51.3 Å². The maximum Gasteiger partial charge on any atom is 0.308 e. The second kappa shape index (κ2) is 6.18. The van der Waals surface area contributed by atoms with Gasteiger partial charge in [0.25, 0.3) is 0 Å². The standard InChI is InChI=1S/C18H15NO2S2/c1-10-9-16(21-12(3)20)11(2)8-14(10)17-19-15-7-5-4-6-13(15)18(22)23-17/h4-9H,1-3H3. The molecule has 0 N–H and O–H groups in total. The third-order valence-electron chi connectivity index (χ3n) is 3.54. The highest BCUT2D eigenvalue weighted by atomic mass is 32.1. The van der Waals surface area contributed by atoms with Gasteiger partial charge < -0.3 is 4.74 Å². The van der Waals surface area contributed by atoms with Crippen LogP contribution < -0.4 is 4.74 Å². The summed E-state index contributed by atoms with van der Waals surface area (Å²) in [6.45, 7) is 5.30. The number of rotatable bonds is 2. The maximum atomic E-state index is 11.2. The van der Waals surface area contributed by atoms with Crippen molar-refractivity contribution >= 4 is 40.4 Å². The lowest BCUT2D eigenvalue weighted by atomic mass is 10.0. The van der Waals surface area contributed by atoms with Gasteiger partial charge in [0, 0.05) is 17.9 Å². The van der Waals surface area contributed by atoms with Gasteiger partial charge in [0.1, 0.15) is 14.6 Å². The minimum absolute atomic E-state index is 0.320. The van der Waals surface area contributed by atoms with Crippen molar-refractivity contribution in [2.45, 2.75) is 20.8 Å². The number of carbonyl (C=O) groups is 1. The minimum atomic E-state index is -0.320. The van der Waals surface area contributed by atoms with Gasteiger partial charge in [-0.15, -0.1) is 11.3 Å². The largest absolute Gasteiger partial charge is 0.426 e. The van der Waals surface area contributed by atoms with Crippen molar-refractivity contribution in [1.29, 1.82) is 0 Å². The molecule has 5 heteroatoms. The van der Waals surface area contributed by atoms with Crippen molar-refractivity contribution in [2.24, 2.45) is 0 Å². The van der Waals surface area contributed by atoms with E-state index in [1.54, 1.807) is 0 Å². The molecule has 3 rings (SSSR count). The Kier molecular flexibility index (Phi) is 4.24. The molecule has 116 valence electrons. The van der Waals surface area contributed by atoms with E-state index in [2.05, 4.69) is 0 Å². The molecule has 3 nitrogen and oxygen atoms in total. The van der Waals surface area contributed by atoms with Gasteiger partial charge >= 0.3 is 5.97 Å². The number of carbonyl (C=O) groups excluding carboxylic acids is 1. The van der Waals surface area contributed by atoms with Gasteiger partial charge in [0.05, 0.1) is 5.52 Å². The van der Waals surface area contributed by atoms with Gasteiger partial charge in [-0.25, -0.2) is 4.98 Å². The lowest BCUT2D eigenvalue weighted by Crippen LogP contribution is -2.03. The van der Waals surface area contributed by atoms with E-state index in [-0.39, 0.29) is 5.97 Å². The van der Waals surface area contributed by atoms with E-state index in [1.807, 2.05) is 50.2 Å². The summed E-state index contributed by atoms with van der Waals surface area (Å²) in [6.07, 6.45) is 0. The fourth-order valence-electron chi connectivity index (χ4n) is 2.42. The summed E-state index contributed by atoms with van der Waals surface area (Å²) in [6, 6.07) is 11.8. The molecule has 0 aliphatic carbocycles. The number of aryl methyl sites for hydroxylation is 2. The number of benzene rings is 2. The van der Waals surface area contributed by atoms with Gasteiger partial charge in [0.2, 0.25) is 0 Å². The highest BCUT2D eigenvalue weighted by molar-refractivity contribution is 7.74. The average Bonchev–Trinajstić information content (AvgIpc) is 2.50. The van der Waals surface area contributed by atoms with Crippen molar-refractivity contribution in [1.82, 2.24) is 4.98 Å². The summed E-state index contributed by atoms with van der Waals surface area (Å²) >= 11 is 7.01. The topological polar surface area (TPSA) is 39.2 Å². The minimum Gasteiger partial charge on any atom is -0.426 e. The van der Waals surface area contributed by atoms with Crippen LogP contribution in [0.15, 0.2) is 36.4 Å². The summed E-state index contributed by atoms with van der Waals surface area (Å²) in [7, 11) is 0. The fraction of sp³-hybridized carbons (Fsp3) is 0.167. The quantitative estimate of drug-likeness (QED) is 0.363. The molecule has 0 fully saturated rings. The van der Waals surface area contributed by atoms with Gasteiger partial charge in [0.15, 0.2) is 0 Å². The predicted molar refractivity (Wildman–Crippen MR) is 96.7 cm³/mol. The van der Waals surface area contributed by atoms with Crippen molar-refractivity contribution in [3.8, 4) is 16.3 Å². The first-order chi connectivity index (χ1) is 11.0. The smallest absolute Gasteiger partial charge is 0.308 e. The lowest BCUT2D eigenvalue weighted by molar-refractivity contribution is -0.131. The molecule has 0 bridgehead atoms. The first-order valence-corrected chi connectivity index (χ1v) is 8.38. The molecule has 0 aliphatic heterocycles. The van der Waals surface area contributed by atoms with Crippen LogP contribution in [0.5, 0.6) is 5.75 Å². The number of para-hydroxylation sites is 1. The monoisotopic (exact) mass is 341 g/mol. The zero-order valence-electron chi connectivity index (χ0n) is 13.0. The van der Waals surface area contributed by atoms with E-state index in [0.29, 0.717) is 5.75 Å². The maximum absolute atomic E-state index is 11.2. The molecule has 1 heterocycles. The Bertz CT molecular complexity index is 976. The van der Waals surface area contributed by atoms with Crippen LogP contribution in [0.1, 0.15) is 18.1 Å². The second-order valence-electron chi connectivity index (χ2n) is 5.35. The van der Waals surface area contributed by atoms with Crippen molar-refractivity contribution in [3.63, 3.8) is 0 Å². The van der Waals surface area contributed by atoms with Crippen LogP contribution in [-0.4, -0.2) is 11.0 Å². The normalized spacial score (nSPS) is 10.7. The molecule has 0 saturated heterocycles. The first kappa shape index (κ1) is 15.8. The lowest BCUT2D eigenvalue weighted by Gasteiger charge is -2.11. The number of esters is 1. The predicted octanol–water partition coefficient (Wildman–Crippen LogP) is 5.23. The van der Waals surface area contributed by atoms with Crippen LogP contribution in [0, 0.1) is 17.7 Å². The second-order valence-corrected chi connectivity index (χ2v) is 7.02. The van der Waals surface area contributed by atoms with Crippen LogP contribution >= 0.6 is 23.6 Å². The van der Waals surface area contributed by atoms with Gasteiger partial charge in [-0.3, -0.25) is 4.79 Å². The number of hydrogen-bond donors (Lipinski definition) is 0. The molecule has 0 radical (unpaired) electrons. The number of ether oxygens (including phenoxy) is 1. The van der Waals surface area contributed by atoms with Crippen molar-refractivity contribution < 1.29 is 9.53 Å². The molecule has 0 amide bonds. The van der Waals surface area contributed by atoms with Crippen LogP contribution in [0.4, 0.5) is 0 Å². The molecule has 0 unspecified atom stereocenters. The summed E-state index contributed by atoms with van der Waals surface area (Å²) in [5, 5.41) is 1.88. The Morgan fingerprint density at radius 1 is 1.17 bits per heavy atom. The van der Waals surface area contributed by atoms with E-state index in [0.717, 1.165) is 36.4 Å². The molecular formula is C18H15NO2S2. The molecule has 0 saturated carbocycles. The molecule has 23 heavy (non-hydrogen) atoms. The van der Waals surface area contributed by atoms with E-state index in [1.165, 1.54) is 18.3 Å². The third kappa shape index (κ3) is 3.16. The zero-order chi connectivity index (χ0) is 16.6. The highest BCUT2D eigenvalue weighted by Gasteiger charge is 2.12. The van der Waals surface area contributed by atoms with Gasteiger partial charge in [-0.05, 0) is 43.2 Å². The van der Waals surface area contributed by atoms with Crippen LogP contribution in [0.3, 0.4) is 0 Å². The Labute approximate surface area is 143 Å². The van der Waals surface area contributed by atoms with Crippen LogP contribution in [0.25, 0.3) is 21.5 Å². The molecule has 1 aromatic heterocycles. The fourth-order valence-corrected chi connectivity index (χ4v) is 3.76. The summed E-state index contributed by atoms with van der Waals surface area (Å²) in [4.78, 5) is 15.9. The van der Waals surface area contributed by atoms with Crippen LogP contribution in [-0.2, 0) is 4.79 Å². The summed E-state index contributed by atoms with van der Waals surface area (Å²) in [5.41, 5.74) is 3.81. The molecule has 2 aromatic carbocycles. The average molecular weight is 341 g/mol. The third-order valence-corrected chi connectivity index (χ3v) is 4.92. The number of nitrogens with zero attached hydrogens (tertiary/aromatic N) is 1. The SMILES string of the molecule is CC(=O)Oc1cc(C)c(-c2nc3ccccc3c(=S)s2)cc1C. The Morgan fingerprint density at radius 2 is 1.91 bits per heavy atom. The molecule has 0 atom stereocenters. The summed E-state index contributed by atoms with van der Waals surface area (Å²) in [5.74, 6) is 0.267. The molecule has 0 spiro atoms. The number of hydrogen-bond acceptors (Lipinski definition) is 5. The Hall–Kier alpha value is -2.11. The van der Waals surface area contributed by atoms with Gasteiger partial charge in [-0.2, -0.15) is 0 Å². The van der Waals surface area contributed by atoms with Crippen LogP contribution in [0.2, 0.25) is 0 Å². The number of aromatic nitrogens is 1. The van der Waals surface area contributed by atoms with Gasteiger partial charge in [-0.1, -0.05) is 30.4 Å². The molecule has 0 aliphatic rings. The molecular weight excluding hydrogens is 326 g/mol. The highest BCUT2D eigenvalue weighted by Crippen LogP contribution is 2.33. The van der Waals surface area contributed by atoms with E-state index in [9.17, 15) is 4.79 Å². The molecule has 3 aromatic rings. The Morgan fingerprint density at radius 3 is 2.65 bits per heavy atom. The van der Waals surface area contributed by atoms with Crippen molar-refractivity contribution in [2.75, 3.05) is 0 Å². The first-order valence-electron chi connectivity index (χ1n) is 7.15.